The number of ether oxygens (including phenoxy) is 1. The second-order valence-electron chi connectivity index (χ2n) is 6.24. The maximum absolute atomic E-state index is 12.4. The number of aromatic nitrogens is 2. The van der Waals surface area contributed by atoms with Gasteiger partial charge in [0, 0.05) is 19.2 Å². The summed E-state index contributed by atoms with van der Waals surface area (Å²) in [5.74, 6) is 1.44. The Morgan fingerprint density at radius 3 is 2.92 bits per heavy atom. The Morgan fingerprint density at radius 1 is 1.38 bits per heavy atom. The first-order valence-corrected chi connectivity index (χ1v) is 9.67. The third kappa shape index (κ3) is 4.04. The van der Waals surface area contributed by atoms with Gasteiger partial charge in [0.25, 0.3) is 0 Å². The summed E-state index contributed by atoms with van der Waals surface area (Å²) in [5, 5.41) is 0.782. The van der Waals surface area contributed by atoms with Crippen molar-refractivity contribution in [2.24, 2.45) is 0 Å². The molecular weight excluding hydrogens is 322 g/mol. The summed E-state index contributed by atoms with van der Waals surface area (Å²) in [6.45, 7) is 2.61. The highest BCUT2D eigenvalue weighted by molar-refractivity contribution is 7.99. The lowest BCUT2D eigenvalue weighted by atomic mass is 9.94. The molecule has 1 aliphatic rings. The minimum absolute atomic E-state index is 0.183. The number of amides is 1. The number of benzene rings is 1. The van der Waals surface area contributed by atoms with Gasteiger partial charge in [0.05, 0.1) is 23.4 Å². The van der Waals surface area contributed by atoms with Gasteiger partial charge >= 0.3 is 0 Å². The fourth-order valence-electron chi connectivity index (χ4n) is 3.19. The quantitative estimate of drug-likeness (QED) is 0.807. The lowest BCUT2D eigenvalue weighted by molar-refractivity contribution is -0.129. The maximum atomic E-state index is 12.4. The number of nitrogens with one attached hydrogen (secondary N) is 1. The molecule has 0 radical (unpaired) electrons. The van der Waals surface area contributed by atoms with E-state index in [9.17, 15) is 4.79 Å². The number of hydrogen-bond acceptors (Lipinski definition) is 4. The molecule has 1 fully saturated rings. The van der Waals surface area contributed by atoms with E-state index >= 15 is 0 Å². The molecule has 0 aliphatic heterocycles. The summed E-state index contributed by atoms with van der Waals surface area (Å²) < 4.78 is 5.50. The second-order valence-corrected chi connectivity index (χ2v) is 7.20. The molecule has 0 atom stereocenters. The molecule has 5 nitrogen and oxygen atoms in total. The van der Waals surface area contributed by atoms with Crippen LogP contribution < -0.4 is 4.74 Å². The van der Waals surface area contributed by atoms with Gasteiger partial charge in [-0.25, -0.2) is 4.98 Å². The Kier molecular flexibility index (Phi) is 5.66. The molecule has 24 heavy (non-hydrogen) atoms. The molecule has 0 unspecified atom stereocenters. The van der Waals surface area contributed by atoms with Crippen LogP contribution in [0.3, 0.4) is 0 Å². The van der Waals surface area contributed by atoms with Crippen molar-refractivity contribution in [1.82, 2.24) is 14.9 Å². The van der Waals surface area contributed by atoms with Gasteiger partial charge in [0.2, 0.25) is 5.91 Å². The normalized spacial score (nSPS) is 15.6. The summed E-state index contributed by atoms with van der Waals surface area (Å²) >= 11 is 1.47. The number of hydrogen-bond donors (Lipinski definition) is 1. The highest BCUT2D eigenvalue weighted by Gasteiger charge is 2.22. The monoisotopic (exact) mass is 347 g/mol. The average molecular weight is 347 g/mol. The number of nitrogens with zero attached hydrogens (tertiary/aromatic N) is 2. The van der Waals surface area contributed by atoms with Gasteiger partial charge in [-0.15, -0.1) is 0 Å². The van der Waals surface area contributed by atoms with Crippen LogP contribution in [0.4, 0.5) is 0 Å². The zero-order chi connectivity index (χ0) is 16.9. The number of aromatic amines is 1. The molecule has 3 rings (SSSR count). The summed E-state index contributed by atoms with van der Waals surface area (Å²) in [6.07, 6.45) is 6.05. The molecule has 2 aromatic rings. The van der Waals surface area contributed by atoms with E-state index in [0.717, 1.165) is 34.8 Å². The Labute approximate surface area is 147 Å². The molecule has 1 heterocycles. The summed E-state index contributed by atoms with van der Waals surface area (Å²) in [4.78, 5) is 22.2. The molecular formula is C18H25N3O2S. The van der Waals surface area contributed by atoms with Crippen molar-refractivity contribution in [1.29, 1.82) is 0 Å². The molecule has 1 saturated carbocycles. The average Bonchev–Trinajstić information content (AvgIpc) is 3.02. The van der Waals surface area contributed by atoms with Crippen LogP contribution in [0.5, 0.6) is 5.75 Å². The van der Waals surface area contributed by atoms with Gasteiger partial charge in [0.1, 0.15) is 5.75 Å². The van der Waals surface area contributed by atoms with E-state index in [2.05, 4.69) is 9.97 Å². The van der Waals surface area contributed by atoms with Crippen molar-refractivity contribution in [3.05, 3.63) is 18.2 Å². The summed E-state index contributed by atoms with van der Waals surface area (Å²) in [6, 6.07) is 6.22. The first-order valence-electron chi connectivity index (χ1n) is 8.68. The van der Waals surface area contributed by atoms with E-state index in [0.29, 0.717) is 18.4 Å². The van der Waals surface area contributed by atoms with Crippen LogP contribution >= 0.6 is 11.8 Å². The molecule has 1 aromatic carbocycles. The molecule has 6 heteroatoms. The number of carbonyl (C=O) groups is 1. The SMILES string of the molecule is CCOc1ccc2nc(SCC(=O)N(C)C3CCCCC3)[nH]c2c1. The number of rotatable bonds is 6. The van der Waals surface area contributed by atoms with Crippen molar-refractivity contribution in [2.75, 3.05) is 19.4 Å². The van der Waals surface area contributed by atoms with E-state index in [1.165, 1.54) is 31.0 Å². The third-order valence-corrected chi connectivity index (χ3v) is 5.45. The zero-order valence-corrected chi connectivity index (χ0v) is 15.2. The standard InChI is InChI=1S/C18H25N3O2S/c1-3-23-14-9-10-15-16(11-14)20-18(19-15)24-12-17(22)21(2)13-7-5-4-6-8-13/h9-11,13H,3-8,12H2,1-2H3,(H,19,20). The van der Waals surface area contributed by atoms with Crippen LogP contribution in [0.1, 0.15) is 39.0 Å². The van der Waals surface area contributed by atoms with Gasteiger partial charge in [-0.2, -0.15) is 0 Å². The largest absolute Gasteiger partial charge is 0.494 e. The zero-order valence-electron chi connectivity index (χ0n) is 14.4. The highest BCUT2D eigenvalue weighted by Crippen LogP contribution is 2.25. The molecule has 1 aromatic heterocycles. The van der Waals surface area contributed by atoms with Crippen LogP contribution in [0.2, 0.25) is 0 Å². The minimum Gasteiger partial charge on any atom is -0.494 e. The van der Waals surface area contributed by atoms with Crippen molar-refractivity contribution in [3.8, 4) is 5.75 Å². The Hall–Kier alpha value is -1.69. The molecule has 0 saturated heterocycles. The van der Waals surface area contributed by atoms with Crippen molar-refractivity contribution in [3.63, 3.8) is 0 Å². The lowest BCUT2D eigenvalue weighted by Gasteiger charge is -2.31. The summed E-state index contributed by atoms with van der Waals surface area (Å²) in [5.41, 5.74) is 1.84. The number of carbonyl (C=O) groups excluding carboxylic acids is 1. The predicted molar refractivity (Wildman–Crippen MR) is 97.6 cm³/mol. The van der Waals surface area contributed by atoms with Gasteiger partial charge in [-0.05, 0) is 31.9 Å². The third-order valence-electron chi connectivity index (χ3n) is 4.59. The highest BCUT2D eigenvalue weighted by atomic mass is 32.2. The van der Waals surface area contributed by atoms with E-state index in [1.807, 2.05) is 37.1 Å². The number of imidazole rings is 1. The lowest BCUT2D eigenvalue weighted by Crippen LogP contribution is -2.39. The van der Waals surface area contributed by atoms with Crippen molar-refractivity contribution >= 4 is 28.7 Å². The van der Waals surface area contributed by atoms with Crippen LogP contribution in [-0.4, -0.2) is 46.2 Å². The first-order chi connectivity index (χ1) is 11.7. The predicted octanol–water partition coefficient (Wildman–Crippen LogP) is 3.84. The van der Waals surface area contributed by atoms with E-state index in [-0.39, 0.29) is 5.91 Å². The first kappa shape index (κ1) is 17.1. The number of H-pyrrole nitrogens is 1. The Morgan fingerprint density at radius 2 is 2.17 bits per heavy atom. The van der Waals surface area contributed by atoms with Gasteiger partial charge in [-0.3, -0.25) is 4.79 Å². The number of fused-ring (bicyclic) bond motifs is 1. The smallest absolute Gasteiger partial charge is 0.233 e. The minimum atomic E-state index is 0.183. The Balaban J connectivity index is 1.59. The summed E-state index contributed by atoms with van der Waals surface area (Å²) in [7, 11) is 1.94. The van der Waals surface area contributed by atoms with Gasteiger partial charge < -0.3 is 14.6 Å². The molecule has 0 bridgehead atoms. The maximum Gasteiger partial charge on any atom is 0.233 e. The Bertz CT molecular complexity index is 695. The molecule has 0 spiro atoms. The van der Waals surface area contributed by atoms with Crippen LogP contribution in [0.25, 0.3) is 11.0 Å². The fraction of sp³-hybridized carbons (Fsp3) is 0.556. The van der Waals surface area contributed by atoms with E-state index < -0.39 is 0 Å². The van der Waals surface area contributed by atoms with E-state index in [4.69, 9.17) is 4.74 Å². The molecule has 1 aliphatic carbocycles. The van der Waals surface area contributed by atoms with Crippen molar-refractivity contribution in [2.45, 2.75) is 50.2 Å². The van der Waals surface area contributed by atoms with Gasteiger partial charge in [-0.1, -0.05) is 31.0 Å². The van der Waals surface area contributed by atoms with Crippen LogP contribution in [-0.2, 0) is 4.79 Å². The molecule has 1 amide bonds. The second kappa shape index (κ2) is 7.92. The molecule has 1 N–H and O–H groups in total. The number of thioether (sulfide) groups is 1. The molecule has 130 valence electrons. The fourth-order valence-corrected chi connectivity index (χ4v) is 4.00. The topological polar surface area (TPSA) is 58.2 Å². The van der Waals surface area contributed by atoms with Crippen LogP contribution in [0, 0.1) is 0 Å². The van der Waals surface area contributed by atoms with E-state index in [1.54, 1.807) is 0 Å². The van der Waals surface area contributed by atoms with Gasteiger partial charge in [0.15, 0.2) is 5.16 Å². The van der Waals surface area contributed by atoms with Crippen molar-refractivity contribution < 1.29 is 9.53 Å². The van der Waals surface area contributed by atoms with Crippen LogP contribution in [0.15, 0.2) is 23.4 Å².